The fraction of sp³-hybridized carbons (Fsp3) is 0.308. The van der Waals surface area contributed by atoms with Crippen molar-refractivity contribution < 1.29 is 4.79 Å². The van der Waals surface area contributed by atoms with Crippen LogP contribution in [0.15, 0.2) is 23.8 Å². The smallest absolute Gasteiger partial charge is 0.251 e. The number of allylic oxidation sites excluding steroid dienone is 1. The number of benzene rings is 1. The summed E-state index contributed by atoms with van der Waals surface area (Å²) < 4.78 is 0. The molecule has 2 heteroatoms. The van der Waals surface area contributed by atoms with Gasteiger partial charge in [0.15, 0.2) is 0 Å². The first-order valence-electron chi connectivity index (χ1n) is 5.29. The monoisotopic (exact) mass is 201 g/mol. The lowest BCUT2D eigenvalue weighted by Gasteiger charge is -2.06. The average molecular weight is 201 g/mol. The van der Waals surface area contributed by atoms with Crippen molar-refractivity contribution in [3.63, 3.8) is 0 Å². The highest BCUT2D eigenvalue weighted by Crippen LogP contribution is 2.27. The van der Waals surface area contributed by atoms with E-state index in [4.69, 9.17) is 0 Å². The second-order valence-electron chi connectivity index (χ2n) is 3.91. The summed E-state index contributed by atoms with van der Waals surface area (Å²) in [7, 11) is 0. The van der Waals surface area contributed by atoms with Gasteiger partial charge < -0.3 is 5.32 Å². The van der Waals surface area contributed by atoms with Crippen LogP contribution in [-0.2, 0) is 6.42 Å². The topological polar surface area (TPSA) is 29.1 Å². The van der Waals surface area contributed by atoms with Gasteiger partial charge in [-0.15, -0.1) is 0 Å². The standard InChI is InChI=1S/C13H15NO/c1-3-14-13(15)11-6-4-5-10-7-9(2)8-12(10)11/h4-6,8H,3,7H2,1-2H3,(H,14,15). The second-order valence-corrected chi connectivity index (χ2v) is 3.91. The summed E-state index contributed by atoms with van der Waals surface area (Å²) in [4.78, 5) is 11.8. The summed E-state index contributed by atoms with van der Waals surface area (Å²) in [5, 5.41) is 2.84. The zero-order chi connectivity index (χ0) is 10.8. The Balaban J connectivity index is 2.41. The van der Waals surface area contributed by atoms with Crippen LogP contribution in [-0.4, -0.2) is 12.5 Å². The van der Waals surface area contributed by atoms with Crippen LogP contribution in [0, 0.1) is 0 Å². The van der Waals surface area contributed by atoms with E-state index in [1.807, 2.05) is 19.1 Å². The van der Waals surface area contributed by atoms with E-state index in [1.54, 1.807) is 0 Å². The number of nitrogens with one attached hydrogen (secondary N) is 1. The summed E-state index contributed by atoms with van der Waals surface area (Å²) in [5.41, 5.74) is 4.48. The van der Waals surface area contributed by atoms with Gasteiger partial charge >= 0.3 is 0 Å². The van der Waals surface area contributed by atoms with Crippen LogP contribution in [0.25, 0.3) is 6.08 Å². The van der Waals surface area contributed by atoms with Crippen molar-refractivity contribution in [3.8, 4) is 0 Å². The summed E-state index contributed by atoms with van der Waals surface area (Å²) in [6, 6.07) is 5.93. The minimum atomic E-state index is 0.0281. The van der Waals surface area contributed by atoms with Crippen LogP contribution in [0.4, 0.5) is 0 Å². The first kappa shape index (κ1) is 9.97. The number of hydrogen-bond acceptors (Lipinski definition) is 1. The summed E-state index contributed by atoms with van der Waals surface area (Å²) >= 11 is 0. The normalized spacial score (nSPS) is 13.3. The van der Waals surface area contributed by atoms with E-state index in [2.05, 4.69) is 24.4 Å². The Hall–Kier alpha value is -1.57. The van der Waals surface area contributed by atoms with Crippen LogP contribution in [0.5, 0.6) is 0 Å². The molecular formula is C13H15NO. The molecule has 0 unspecified atom stereocenters. The molecule has 78 valence electrons. The molecule has 15 heavy (non-hydrogen) atoms. The lowest BCUT2D eigenvalue weighted by atomic mass is 10.0. The molecule has 1 amide bonds. The molecule has 0 radical (unpaired) electrons. The highest BCUT2D eigenvalue weighted by Gasteiger charge is 2.16. The Morgan fingerprint density at radius 3 is 3.00 bits per heavy atom. The van der Waals surface area contributed by atoms with E-state index in [0.717, 1.165) is 17.5 Å². The quantitative estimate of drug-likeness (QED) is 0.782. The van der Waals surface area contributed by atoms with Crippen LogP contribution >= 0.6 is 0 Å². The fourth-order valence-corrected chi connectivity index (χ4v) is 1.99. The molecule has 1 aliphatic carbocycles. The summed E-state index contributed by atoms with van der Waals surface area (Å²) in [6.45, 7) is 4.70. The van der Waals surface area contributed by atoms with Gasteiger partial charge in [-0.05, 0) is 37.5 Å². The van der Waals surface area contributed by atoms with Crippen molar-refractivity contribution in [2.45, 2.75) is 20.3 Å². The third-order valence-electron chi connectivity index (χ3n) is 2.64. The number of hydrogen-bond donors (Lipinski definition) is 1. The maximum absolute atomic E-state index is 11.8. The summed E-state index contributed by atoms with van der Waals surface area (Å²) in [6.07, 6.45) is 3.09. The first-order valence-corrected chi connectivity index (χ1v) is 5.29. The lowest BCUT2D eigenvalue weighted by Crippen LogP contribution is -2.23. The summed E-state index contributed by atoms with van der Waals surface area (Å²) in [5.74, 6) is 0.0281. The first-order chi connectivity index (χ1) is 7.22. The number of fused-ring (bicyclic) bond motifs is 1. The van der Waals surface area contributed by atoms with Crippen molar-refractivity contribution in [2.24, 2.45) is 0 Å². The molecule has 0 spiro atoms. The predicted molar refractivity (Wildman–Crippen MR) is 61.8 cm³/mol. The molecule has 0 aromatic heterocycles. The van der Waals surface area contributed by atoms with Gasteiger partial charge in [-0.25, -0.2) is 0 Å². The molecule has 1 aromatic carbocycles. The van der Waals surface area contributed by atoms with Crippen molar-refractivity contribution in [1.29, 1.82) is 0 Å². The molecule has 0 heterocycles. The maximum Gasteiger partial charge on any atom is 0.251 e. The zero-order valence-corrected chi connectivity index (χ0v) is 9.13. The highest BCUT2D eigenvalue weighted by atomic mass is 16.1. The van der Waals surface area contributed by atoms with Crippen molar-refractivity contribution in [3.05, 3.63) is 40.5 Å². The Labute approximate surface area is 90.0 Å². The van der Waals surface area contributed by atoms with Crippen LogP contribution in [0.2, 0.25) is 0 Å². The van der Waals surface area contributed by atoms with E-state index in [0.29, 0.717) is 6.54 Å². The minimum absolute atomic E-state index is 0.0281. The molecule has 2 nitrogen and oxygen atoms in total. The van der Waals surface area contributed by atoms with E-state index < -0.39 is 0 Å². The molecule has 1 aliphatic rings. The van der Waals surface area contributed by atoms with E-state index >= 15 is 0 Å². The SMILES string of the molecule is CCNC(=O)c1cccc2c1C=C(C)C2. The van der Waals surface area contributed by atoms with Crippen LogP contribution in [0.1, 0.15) is 35.3 Å². The van der Waals surface area contributed by atoms with Gasteiger partial charge in [0.25, 0.3) is 5.91 Å². The third-order valence-corrected chi connectivity index (χ3v) is 2.64. The van der Waals surface area contributed by atoms with E-state index in [1.165, 1.54) is 11.1 Å². The fourth-order valence-electron chi connectivity index (χ4n) is 1.99. The van der Waals surface area contributed by atoms with Gasteiger partial charge in [-0.1, -0.05) is 23.8 Å². The van der Waals surface area contributed by atoms with Crippen molar-refractivity contribution in [1.82, 2.24) is 5.32 Å². The molecule has 0 aliphatic heterocycles. The molecule has 0 saturated heterocycles. The Bertz CT molecular complexity index is 432. The van der Waals surface area contributed by atoms with Gasteiger partial charge in [0.05, 0.1) is 0 Å². The van der Waals surface area contributed by atoms with Crippen molar-refractivity contribution in [2.75, 3.05) is 6.54 Å². The van der Waals surface area contributed by atoms with E-state index in [9.17, 15) is 4.79 Å². The van der Waals surface area contributed by atoms with Gasteiger partial charge in [-0.2, -0.15) is 0 Å². The molecule has 0 bridgehead atoms. The largest absolute Gasteiger partial charge is 0.352 e. The van der Waals surface area contributed by atoms with Gasteiger partial charge in [0.2, 0.25) is 0 Å². The Morgan fingerprint density at radius 2 is 2.27 bits per heavy atom. The van der Waals surface area contributed by atoms with Gasteiger partial charge in [-0.3, -0.25) is 4.79 Å². The number of carbonyl (C=O) groups excluding carboxylic acids is 1. The van der Waals surface area contributed by atoms with E-state index in [-0.39, 0.29) is 5.91 Å². The number of carbonyl (C=O) groups is 1. The van der Waals surface area contributed by atoms with Gasteiger partial charge in [0, 0.05) is 12.1 Å². The molecule has 0 saturated carbocycles. The average Bonchev–Trinajstić information content (AvgIpc) is 2.57. The molecule has 1 N–H and O–H groups in total. The van der Waals surface area contributed by atoms with Gasteiger partial charge in [0.1, 0.15) is 0 Å². The Kier molecular flexibility index (Phi) is 2.58. The number of amides is 1. The minimum Gasteiger partial charge on any atom is -0.352 e. The van der Waals surface area contributed by atoms with Crippen molar-refractivity contribution >= 4 is 12.0 Å². The van der Waals surface area contributed by atoms with Crippen LogP contribution < -0.4 is 5.32 Å². The molecule has 2 rings (SSSR count). The maximum atomic E-state index is 11.8. The molecule has 1 aromatic rings. The lowest BCUT2D eigenvalue weighted by molar-refractivity contribution is 0.0955. The Morgan fingerprint density at radius 1 is 1.47 bits per heavy atom. The molecular weight excluding hydrogens is 186 g/mol. The predicted octanol–water partition coefficient (Wildman–Crippen LogP) is 2.40. The zero-order valence-electron chi connectivity index (χ0n) is 9.13. The molecule has 0 fully saturated rings. The number of rotatable bonds is 2. The van der Waals surface area contributed by atoms with Crippen LogP contribution in [0.3, 0.4) is 0 Å². The third kappa shape index (κ3) is 1.80. The second kappa shape index (κ2) is 3.89. The highest BCUT2D eigenvalue weighted by molar-refractivity contribution is 5.99. The molecule has 0 atom stereocenters.